The molecule has 2 aliphatic heterocycles. The van der Waals surface area contributed by atoms with Crippen molar-refractivity contribution in [1.82, 2.24) is 5.32 Å². The largest absolute Gasteiger partial charge is 0.453 e. The van der Waals surface area contributed by atoms with Crippen molar-refractivity contribution >= 4 is 23.5 Å². The quantitative estimate of drug-likeness (QED) is 0.468. The van der Waals surface area contributed by atoms with Gasteiger partial charge < -0.3 is 15.2 Å². The molecule has 1 aliphatic carbocycles. The van der Waals surface area contributed by atoms with Crippen molar-refractivity contribution < 1.29 is 20.9 Å². The van der Waals surface area contributed by atoms with Crippen LogP contribution in [-0.2, 0) is 14.3 Å². The molecule has 0 bridgehead atoms. The van der Waals surface area contributed by atoms with Crippen LogP contribution >= 0.6 is 11.6 Å². The molecule has 6 heteroatoms. The van der Waals surface area contributed by atoms with E-state index in [2.05, 4.69) is 5.32 Å². The standard InChI is InChI=1S/C16H22ClNO4.H2/c1-14(7-4-3-5-8-14)12(20)16-13(21)22-15(16,2)10(6-9-17)11(19)18-16;/h4,7,10,12,20H,3,5-6,8-9H2,1-2H3,(H,18,19);1H/t10-,12-,14+,15-,16-;/m0./s1. The maximum absolute atomic E-state index is 12.3. The predicted octanol–water partition coefficient (Wildman–Crippen LogP) is 1.77. The number of hydrogen-bond donors (Lipinski definition) is 2. The average Bonchev–Trinajstić information content (AvgIpc) is 2.65. The second-order valence-corrected chi connectivity index (χ2v) is 7.40. The van der Waals surface area contributed by atoms with Gasteiger partial charge in [0.1, 0.15) is 6.10 Å². The number of aliphatic hydroxyl groups excluding tert-OH is 1. The lowest BCUT2D eigenvalue weighted by Crippen LogP contribution is -2.81. The van der Waals surface area contributed by atoms with Crippen molar-refractivity contribution in [3.8, 4) is 0 Å². The van der Waals surface area contributed by atoms with Crippen LogP contribution in [0.1, 0.15) is 41.0 Å². The zero-order valence-electron chi connectivity index (χ0n) is 12.9. The van der Waals surface area contributed by atoms with Crippen LogP contribution in [0.15, 0.2) is 12.2 Å². The number of amides is 1. The van der Waals surface area contributed by atoms with E-state index in [0.29, 0.717) is 12.3 Å². The normalized spacial score (nSPS) is 44.8. The number of esters is 1. The highest BCUT2D eigenvalue weighted by Crippen LogP contribution is 2.55. The molecule has 0 spiro atoms. The Morgan fingerprint density at radius 3 is 2.82 bits per heavy atom. The van der Waals surface area contributed by atoms with Crippen molar-refractivity contribution in [2.75, 3.05) is 5.88 Å². The Hall–Kier alpha value is -1.07. The van der Waals surface area contributed by atoms with E-state index in [-0.39, 0.29) is 7.33 Å². The van der Waals surface area contributed by atoms with E-state index >= 15 is 0 Å². The summed E-state index contributed by atoms with van der Waals surface area (Å²) in [7, 11) is 0. The average molecular weight is 330 g/mol. The molecule has 3 rings (SSSR count). The molecule has 0 aromatic carbocycles. The van der Waals surface area contributed by atoms with E-state index in [1.807, 2.05) is 19.1 Å². The summed E-state index contributed by atoms with van der Waals surface area (Å²) in [5.41, 5.74) is -2.96. The van der Waals surface area contributed by atoms with Gasteiger partial charge in [-0.2, -0.15) is 0 Å². The van der Waals surface area contributed by atoms with Gasteiger partial charge in [0.15, 0.2) is 5.60 Å². The zero-order chi connectivity index (χ0) is 16.2. The van der Waals surface area contributed by atoms with Gasteiger partial charge in [0.2, 0.25) is 11.4 Å². The molecule has 124 valence electrons. The van der Waals surface area contributed by atoms with Gasteiger partial charge in [-0.3, -0.25) is 4.79 Å². The molecular weight excluding hydrogens is 306 g/mol. The van der Waals surface area contributed by atoms with Crippen molar-refractivity contribution in [3.05, 3.63) is 12.2 Å². The molecule has 2 saturated heterocycles. The number of rotatable bonds is 4. The predicted molar refractivity (Wildman–Crippen MR) is 83.4 cm³/mol. The molecule has 22 heavy (non-hydrogen) atoms. The number of fused-ring (bicyclic) bond motifs is 1. The Labute approximate surface area is 136 Å². The Morgan fingerprint density at radius 1 is 1.55 bits per heavy atom. The zero-order valence-corrected chi connectivity index (χ0v) is 13.7. The molecule has 2 heterocycles. The van der Waals surface area contributed by atoms with E-state index in [1.54, 1.807) is 6.92 Å². The lowest BCUT2D eigenvalue weighted by Gasteiger charge is -2.56. The van der Waals surface area contributed by atoms with Gasteiger partial charge in [-0.15, -0.1) is 11.6 Å². The van der Waals surface area contributed by atoms with E-state index in [0.717, 1.165) is 19.3 Å². The maximum atomic E-state index is 12.3. The molecule has 0 saturated carbocycles. The monoisotopic (exact) mass is 329 g/mol. The molecule has 3 aliphatic rings. The summed E-state index contributed by atoms with van der Waals surface area (Å²) in [6.45, 7) is 3.65. The first-order valence-electron chi connectivity index (χ1n) is 7.79. The highest BCUT2D eigenvalue weighted by Gasteiger charge is 2.80. The van der Waals surface area contributed by atoms with Crippen LogP contribution in [0.5, 0.6) is 0 Å². The van der Waals surface area contributed by atoms with Crippen molar-refractivity contribution in [2.45, 2.75) is 56.8 Å². The first-order valence-corrected chi connectivity index (χ1v) is 8.32. The van der Waals surface area contributed by atoms with Crippen LogP contribution < -0.4 is 5.32 Å². The van der Waals surface area contributed by atoms with Gasteiger partial charge >= 0.3 is 5.97 Å². The Balaban J connectivity index is 0.00000192. The number of alkyl halides is 1. The van der Waals surface area contributed by atoms with Gasteiger partial charge in [-0.1, -0.05) is 19.1 Å². The SMILES string of the molecule is C[C@@]12OC(=O)[C@]1([C@@H](O)[C@]1(C)C=CCCC1)NC(=O)[C@@H]2CCCl.[HH]. The van der Waals surface area contributed by atoms with Crippen LogP contribution in [0.3, 0.4) is 0 Å². The number of hydrogen-bond acceptors (Lipinski definition) is 4. The maximum Gasteiger partial charge on any atom is 0.339 e. The first kappa shape index (κ1) is 15.8. The number of halogens is 1. The van der Waals surface area contributed by atoms with Crippen LogP contribution in [0.25, 0.3) is 0 Å². The van der Waals surface area contributed by atoms with E-state index in [1.165, 1.54) is 0 Å². The summed E-state index contributed by atoms with van der Waals surface area (Å²) in [5.74, 6) is -1.03. The highest BCUT2D eigenvalue weighted by molar-refractivity contribution is 6.18. The lowest BCUT2D eigenvalue weighted by atomic mass is 9.60. The van der Waals surface area contributed by atoms with Gasteiger partial charge in [-0.05, 0) is 32.6 Å². The second-order valence-electron chi connectivity index (χ2n) is 7.03. The third kappa shape index (κ3) is 1.75. The van der Waals surface area contributed by atoms with E-state index in [9.17, 15) is 14.7 Å². The van der Waals surface area contributed by atoms with Gasteiger partial charge in [-0.25, -0.2) is 4.79 Å². The Kier molecular flexibility index (Phi) is 3.57. The summed E-state index contributed by atoms with van der Waals surface area (Å²) in [6.07, 6.45) is 6.07. The number of carbonyl (C=O) groups excluding carboxylic acids is 2. The topological polar surface area (TPSA) is 75.6 Å². The summed E-state index contributed by atoms with van der Waals surface area (Å²) in [4.78, 5) is 24.6. The number of allylic oxidation sites excluding steroid dienone is 1. The molecule has 5 nitrogen and oxygen atoms in total. The summed E-state index contributed by atoms with van der Waals surface area (Å²) < 4.78 is 5.38. The molecule has 0 unspecified atom stereocenters. The van der Waals surface area contributed by atoms with Crippen molar-refractivity contribution in [2.24, 2.45) is 11.3 Å². The fourth-order valence-corrected chi connectivity index (χ4v) is 4.51. The fourth-order valence-electron chi connectivity index (χ4n) is 4.29. The Bertz CT molecular complexity index is 556. The molecule has 2 fully saturated rings. The molecule has 5 atom stereocenters. The number of aliphatic hydroxyl groups is 1. The summed E-state index contributed by atoms with van der Waals surface area (Å²) >= 11 is 5.79. The third-order valence-electron chi connectivity index (χ3n) is 5.73. The van der Waals surface area contributed by atoms with Gasteiger partial charge in [0.25, 0.3) is 0 Å². The minimum Gasteiger partial charge on any atom is -0.453 e. The summed E-state index contributed by atoms with van der Waals surface area (Å²) in [6, 6.07) is 0. The van der Waals surface area contributed by atoms with Crippen molar-refractivity contribution in [3.63, 3.8) is 0 Å². The van der Waals surface area contributed by atoms with E-state index in [4.69, 9.17) is 16.3 Å². The van der Waals surface area contributed by atoms with Crippen molar-refractivity contribution in [1.29, 1.82) is 0 Å². The molecule has 0 aromatic rings. The van der Waals surface area contributed by atoms with Crippen LogP contribution in [0.2, 0.25) is 0 Å². The fraction of sp³-hybridized carbons (Fsp3) is 0.750. The minimum absolute atomic E-state index is 0. The van der Waals surface area contributed by atoms with Crippen LogP contribution in [0.4, 0.5) is 0 Å². The van der Waals surface area contributed by atoms with E-state index < -0.39 is 34.5 Å². The molecule has 0 radical (unpaired) electrons. The molecular formula is C16H24ClNO4. The molecule has 0 aromatic heterocycles. The first-order chi connectivity index (χ1) is 10.3. The molecule has 2 N–H and O–H groups in total. The highest BCUT2D eigenvalue weighted by atomic mass is 35.5. The Morgan fingerprint density at radius 2 is 2.27 bits per heavy atom. The van der Waals surface area contributed by atoms with Crippen LogP contribution in [0, 0.1) is 11.3 Å². The lowest BCUT2D eigenvalue weighted by molar-refractivity contribution is -0.242. The minimum atomic E-state index is -1.36. The molecule has 1 amide bonds. The van der Waals surface area contributed by atoms with Gasteiger partial charge in [0.05, 0.1) is 5.92 Å². The summed E-state index contributed by atoms with van der Waals surface area (Å²) in [5, 5.41) is 13.8. The number of ether oxygens (including phenoxy) is 1. The van der Waals surface area contributed by atoms with Gasteiger partial charge in [0, 0.05) is 12.7 Å². The third-order valence-corrected chi connectivity index (χ3v) is 5.95. The van der Waals surface area contributed by atoms with Crippen LogP contribution in [-0.4, -0.2) is 40.1 Å². The number of nitrogens with one attached hydrogen (secondary N) is 1. The second kappa shape index (κ2) is 4.96. The number of carbonyl (C=O) groups is 2. The smallest absolute Gasteiger partial charge is 0.339 e.